The van der Waals surface area contributed by atoms with Crippen LogP contribution in [0.25, 0.3) is 0 Å². The second kappa shape index (κ2) is 6.06. The summed E-state index contributed by atoms with van der Waals surface area (Å²) in [4.78, 5) is 18.5. The summed E-state index contributed by atoms with van der Waals surface area (Å²) in [6, 6.07) is 12.2. The van der Waals surface area contributed by atoms with E-state index in [1.165, 1.54) is 11.1 Å². The first-order chi connectivity index (χ1) is 10.2. The van der Waals surface area contributed by atoms with Crippen molar-refractivity contribution in [3.63, 3.8) is 0 Å². The number of rotatable bonds is 3. The van der Waals surface area contributed by atoms with Crippen molar-refractivity contribution in [3.05, 3.63) is 59.9 Å². The number of anilines is 1. The third-order valence-electron chi connectivity index (χ3n) is 4.00. The maximum absolute atomic E-state index is 12.3. The zero-order valence-corrected chi connectivity index (χ0v) is 12.1. The zero-order valence-electron chi connectivity index (χ0n) is 12.1. The van der Waals surface area contributed by atoms with E-state index in [-0.39, 0.29) is 11.9 Å². The molecule has 3 rings (SSSR count). The average molecular weight is 281 g/mol. The molecule has 108 valence electrons. The van der Waals surface area contributed by atoms with E-state index in [4.69, 9.17) is 0 Å². The highest BCUT2D eigenvalue weighted by Crippen LogP contribution is 2.31. The van der Waals surface area contributed by atoms with Crippen molar-refractivity contribution in [2.24, 2.45) is 0 Å². The lowest BCUT2D eigenvalue weighted by molar-refractivity contribution is -0.117. The summed E-state index contributed by atoms with van der Waals surface area (Å²) in [5.41, 5.74) is 3.37. The number of likely N-dealkylation sites (N-methyl/N-ethyl adjacent to an activating group) is 1. The van der Waals surface area contributed by atoms with Crippen LogP contribution in [0.4, 0.5) is 5.69 Å². The number of carbonyl (C=O) groups excluding carboxylic acids is 1. The number of nitrogens with one attached hydrogen (secondary N) is 1. The molecule has 0 unspecified atom stereocenters. The Bertz CT molecular complexity index is 627. The van der Waals surface area contributed by atoms with Crippen LogP contribution in [0.1, 0.15) is 23.6 Å². The molecule has 1 atom stereocenters. The summed E-state index contributed by atoms with van der Waals surface area (Å²) in [7, 11) is 2.08. The van der Waals surface area contributed by atoms with Crippen molar-refractivity contribution in [1.29, 1.82) is 0 Å². The molecule has 1 aliphatic rings. The van der Waals surface area contributed by atoms with Gasteiger partial charge in [0.15, 0.2) is 0 Å². The van der Waals surface area contributed by atoms with Gasteiger partial charge in [0.25, 0.3) is 0 Å². The largest absolute Gasteiger partial charge is 0.325 e. The molecular weight excluding hydrogens is 262 g/mol. The lowest BCUT2D eigenvalue weighted by Gasteiger charge is -2.34. The van der Waals surface area contributed by atoms with Crippen molar-refractivity contribution in [2.75, 3.05) is 18.9 Å². The predicted octanol–water partition coefficient (Wildman–Crippen LogP) is 2.64. The highest BCUT2D eigenvalue weighted by Gasteiger charge is 2.26. The van der Waals surface area contributed by atoms with Gasteiger partial charge in [-0.25, -0.2) is 0 Å². The molecule has 4 nitrogen and oxygen atoms in total. The van der Waals surface area contributed by atoms with Crippen LogP contribution in [0.5, 0.6) is 0 Å². The van der Waals surface area contributed by atoms with E-state index in [9.17, 15) is 4.79 Å². The fourth-order valence-corrected chi connectivity index (χ4v) is 2.87. The molecular formula is C17H19N3O. The lowest BCUT2D eigenvalue weighted by atomic mass is 9.91. The van der Waals surface area contributed by atoms with E-state index >= 15 is 0 Å². The first kappa shape index (κ1) is 13.8. The number of aromatic nitrogens is 1. The molecule has 0 aliphatic carbocycles. The van der Waals surface area contributed by atoms with Gasteiger partial charge in [-0.3, -0.25) is 14.7 Å². The summed E-state index contributed by atoms with van der Waals surface area (Å²) < 4.78 is 0. The van der Waals surface area contributed by atoms with Gasteiger partial charge in [0.2, 0.25) is 5.91 Å². The van der Waals surface area contributed by atoms with Crippen LogP contribution in [-0.4, -0.2) is 29.4 Å². The van der Waals surface area contributed by atoms with Gasteiger partial charge in [-0.1, -0.05) is 24.3 Å². The predicted molar refractivity (Wildman–Crippen MR) is 83.0 cm³/mol. The molecule has 21 heavy (non-hydrogen) atoms. The average Bonchev–Trinajstić information content (AvgIpc) is 2.51. The van der Waals surface area contributed by atoms with E-state index in [2.05, 4.69) is 40.4 Å². The molecule has 1 aromatic carbocycles. The van der Waals surface area contributed by atoms with E-state index in [0.29, 0.717) is 6.42 Å². The molecule has 1 aromatic heterocycles. The van der Waals surface area contributed by atoms with Gasteiger partial charge in [-0.15, -0.1) is 0 Å². The Morgan fingerprint density at radius 2 is 2.19 bits per heavy atom. The molecule has 4 heteroatoms. The maximum Gasteiger partial charge on any atom is 0.226 e. The third-order valence-corrected chi connectivity index (χ3v) is 4.00. The van der Waals surface area contributed by atoms with Crippen LogP contribution < -0.4 is 5.32 Å². The van der Waals surface area contributed by atoms with Crippen molar-refractivity contribution < 1.29 is 4.79 Å². The Labute approximate surface area is 124 Å². The van der Waals surface area contributed by atoms with Gasteiger partial charge in [0.1, 0.15) is 0 Å². The number of nitrogens with zero attached hydrogens (tertiary/aromatic N) is 2. The maximum atomic E-state index is 12.3. The second-order valence-corrected chi connectivity index (χ2v) is 5.44. The number of fused-ring (bicyclic) bond motifs is 1. The number of benzene rings is 1. The van der Waals surface area contributed by atoms with Gasteiger partial charge >= 0.3 is 0 Å². The van der Waals surface area contributed by atoms with Crippen molar-refractivity contribution in [3.8, 4) is 0 Å². The van der Waals surface area contributed by atoms with Crippen LogP contribution in [0.15, 0.2) is 48.8 Å². The topological polar surface area (TPSA) is 45.2 Å². The minimum atomic E-state index is 0.0246. The van der Waals surface area contributed by atoms with Gasteiger partial charge < -0.3 is 5.32 Å². The molecule has 0 fully saturated rings. The Balaban J connectivity index is 1.73. The number of hydrogen-bond donors (Lipinski definition) is 1. The molecule has 0 saturated carbocycles. The van der Waals surface area contributed by atoms with E-state index in [0.717, 1.165) is 18.7 Å². The standard InChI is InChI=1S/C17H19N3O/c1-20-10-8-13-5-2-3-7-15(13)16(20)11-17(21)19-14-6-4-9-18-12-14/h2-7,9,12,16H,8,10-11H2,1H3,(H,19,21)/t16-/m0/s1. The zero-order chi connectivity index (χ0) is 14.7. The first-order valence-electron chi connectivity index (χ1n) is 7.22. The fraction of sp³-hybridized carbons (Fsp3) is 0.294. The summed E-state index contributed by atoms with van der Waals surface area (Å²) in [6.45, 7) is 0.988. The van der Waals surface area contributed by atoms with Crippen LogP contribution in [-0.2, 0) is 11.2 Å². The van der Waals surface area contributed by atoms with Crippen LogP contribution in [0.2, 0.25) is 0 Å². The molecule has 0 spiro atoms. The van der Waals surface area contributed by atoms with Gasteiger partial charge in [-0.05, 0) is 36.7 Å². The van der Waals surface area contributed by atoms with E-state index in [1.54, 1.807) is 12.4 Å². The van der Waals surface area contributed by atoms with Crippen LogP contribution in [0.3, 0.4) is 0 Å². The molecule has 2 aromatic rings. The fourth-order valence-electron chi connectivity index (χ4n) is 2.87. The first-order valence-corrected chi connectivity index (χ1v) is 7.22. The lowest BCUT2D eigenvalue weighted by Crippen LogP contribution is -2.34. The Kier molecular flexibility index (Phi) is 3.97. The number of amides is 1. The monoisotopic (exact) mass is 281 g/mol. The molecule has 1 aliphatic heterocycles. The minimum absolute atomic E-state index is 0.0246. The van der Waals surface area contributed by atoms with Gasteiger partial charge in [0, 0.05) is 25.2 Å². The second-order valence-electron chi connectivity index (χ2n) is 5.44. The summed E-state index contributed by atoms with van der Waals surface area (Å²) in [6.07, 6.45) is 4.87. The molecule has 1 N–H and O–H groups in total. The SMILES string of the molecule is CN1CCc2ccccc2[C@@H]1CC(=O)Nc1cccnc1. The Morgan fingerprint density at radius 3 is 3.00 bits per heavy atom. The Morgan fingerprint density at radius 1 is 1.33 bits per heavy atom. The molecule has 0 saturated heterocycles. The molecule has 0 radical (unpaired) electrons. The van der Waals surface area contributed by atoms with Crippen molar-refractivity contribution in [1.82, 2.24) is 9.88 Å². The highest BCUT2D eigenvalue weighted by molar-refractivity contribution is 5.91. The smallest absolute Gasteiger partial charge is 0.226 e. The summed E-state index contributed by atoms with van der Waals surface area (Å²) in [5.74, 6) is 0.0246. The van der Waals surface area contributed by atoms with Crippen molar-refractivity contribution in [2.45, 2.75) is 18.9 Å². The molecule has 2 heterocycles. The van der Waals surface area contributed by atoms with Crippen LogP contribution in [0, 0.1) is 0 Å². The van der Waals surface area contributed by atoms with Gasteiger partial charge in [0.05, 0.1) is 11.9 Å². The van der Waals surface area contributed by atoms with E-state index < -0.39 is 0 Å². The summed E-state index contributed by atoms with van der Waals surface area (Å²) >= 11 is 0. The minimum Gasteiger partial charge on any atom is -0.325 e. The number of pyridine rings is 1. The normalized spacial score (nSPS) is 18.0. The van der Waals surface area contributed by atoms with Crippen molar-refractivity contribution >= 4 is 11.6 Å². The number of carbonyl (C=O) groups is 1. The quantitative estimate of drug-likeness (QED) is 0.940. The van der Waals surface area contributed by atoms with Crippen LogP contribution >= 0.6 is 0 Å². The van der Waals surface area contributed by atoms with E-state index in [1.807, 2.05) is 18.2 Å². The summed E-state index contributed by atoms with van der Waals surface area (Å²) in [5, 5.41) is 2.91. The molecule has 0 bridgehead atoms. The molecule has 1 amide bonds. The third kappa shape index (κ3) is 3.11. The van der Waals surface area contributed by atoms with Gasteiger partial charge in [-0.2, -0.15) is 0 Å². The Hall–Kier alpha value is -2.20. The highest BCUT2D eigenvalue weighted by atomic mass is 16.1. The number of hydrogen-bond acceptors (Lipinski definition) is 3.